The fourth-order valence-corrected chi connectivity index (χ4v) is 2.31. The molecule has 6 heteroatoms. The van der Waals surface area contributed by atoms with E-state index in [-0.39, 0.29) is 11.9 Å². The molecule has 106 valence electrons. The SMILES string of the molecule is COc1cc(C(N)CCCC(N)=O)c(OC)cc1Br. The summed E-state index contributed by atoms with van der Waals surface area (Å²) in [4.78, 5) is 10.7. The number of carbonyl (C=O) groups excluding carboxylic acids is 1. The maximum absolute atomic E-state index is 10.7. The molecule has 1 aromatic rings. The van der Waals surface area contributed by atoms with Gasteiger partial charge in [0.1, 0.15) is 11.5 Å². The van der Waals surface area contributed by atoms with E-state index in [4.69, 9.17) is 20.9 Å². The fraction of sp³-hybridized carbons (Fsp3) is 0.462. The Bertz CT molecular complexity index is 452. The molecule has 19 heavy (non-hydrogen) atoms. The third kappa shape index (κ3) is 4.40. The number of rotatable bonds is 7. The smallest absolute Gasteiger partial charge is 0.217 e. The number of ether oxygens (including phenoxy) is 2. The zero-order valence-electron chi connectivity index (χ0n) is 11.1. The van der Waals surface area contributed by atoms with Crippen molar-refractivity contribution in [2.45, 2.75) is 25.3 Å². The first-order chi connectivity index (χ1) is 8.99. The van der Waals surface area contributed by atoms with E-state index in [9.17, 15) is 4.79 Å². The van der Waals surface area contributed by atoms with Gasteiger partial charge in [-0.3, -0.25) is 4.79 Å². The van der Waals surface area contributed by atoms with E-state index in [1.165, 1.54) is 0 Å². The molecule has 0 aliphatic heterocycles. The molecule has 4 N–H and O–H groups in total. The van der Waals surface area contributed by atoms with Crippen LogP contribution in [-0.4, -0.2) is 20.1 Å². The number of amides is 1. The monoisotopic (exact) mass is 330 g/mol. The lowest BCUT2D eigenvalue weighted by atomic mass is 10.0. The highest BCUT2D eigenvalue weighted by atomic mass is 79.9. The number of hydrogen-bond donors (Lipinski definition) is 2. The summed E-state index contributed by atoms with van der Waals surface area (Å²) >= 11 is 3.40. The summed E-state index contributed by atoms with van der Waals surface area (Å²) < 4.78 is 11.4. The van der Waals surface area contributed by atoms with Gasteiger partial charge in [0, 0.05) is 18.0 Å². The highest BCUT2D eigenvalue weighted by molar-refractivity contribution is 9.10. The molecule has 5 nitrogen and oxygen atoms in total. The maximum atomic E-state index is 10.7. The summed E-state index contributed by atoms with van der Waals surface area (Å²) in [6.45, 7) is 0. The van der Waals surface area contributed by atoms with Crippen LogP contribution in [0.5, 0.6) is 11.5 Å². The summed E-state index contributed by atoms with van der Waals surface area (Å²) in [5, 5.41) is 0. The zero-order valence-corrected chi connectivity index (χ0v) is 12.7. The van der Waals surface area contributed by atoms with Crippen molar-refractivity contribution in [2.24, 2.45) is 11.5 Å². The van der Waals surface area contributed by atoms with Crippen LogP contribution in [-0.2, 0) is 4.79 Å². The van der Waals surface area contributed by atoms with Crippen LogP contribution in [0.15, 0.2) is 16.6 Å². The van der Waals surface area contributed by atoms with Crippen LogP contribution in [0.25, 0.3) is 0 Å². The third-order valence-electron chi connectivity index (χ3n) is 2.84. The van der Waals surface area contributed by atoms with E-state index in [0.29, 0.717) is 30.8 Å². The van der Waals surface area contributed by atoms with Crippen LogP contribution >= 0.6 is 15.9 Å². The Kier molecular flexibility index (Phi) is 6.11. The molecular formula is C13H19BrN2O3. The van der Waals surface area contributed by atoms with Crippen molar-refractivity contribution in [2.75, 3.05) is 14.2 Å². The summed E-state index contributed by atoms with van der Waals surface area (Å²) in [7, 11) is 3.18. The molecule has 0 aromatic heterocycles. The normalized spacial score (nSPS) is 12.0. The average Bonchev–Trinajstić information content (AvgIpc) is 2.37. The van der Waals surface area contributed by atoms with Crippen molar-refractivity contribution < 1.29 is 14.3 Å². The van der Waals surface area contributed by atoms with Gasteiger partial charge in [-0.25, -0.2) is 0 Å². The van der Waals surface area contributed by atoms with Gasteiger partial charge >= 0.3 is 0 Å². The number of halogens is 1. The van der Waals surface area contributed by atoms with Crippen LogP contribution in [0.4, 0.5) is 0 Å². The van der Waals surface area contributed by atoms with Crippen LogP contribution in [0, 0.1) is 0 Å². The Morgan fingerprint density at radius 1 is 1.32 bits per heavy atom. The van der Waals surface area contributed by atoms with E-state index in [2.05, 4.69) is 15.9 Å². The fourth-order valence-electron chi connectivity index (χ4n) is 1.83. The molecule has 0 saturated carbocycles. The number of benzene rings is 1. The van der Waals surface area contributed by atoms with Gasteiger partial charge in [-0.2, -0.15) is 0 Å². The van der Waals surface area contributed by atoms with E-state index in [1.54, 1.807) is 14.2 Å². The minimum atomic E-state index is -0.312. The van der Waals surface area contributed by atoms with Crippen molar-refractivity contribution in [1.82, 2.24) is 0 Å². The topological polar surface area (TPSA) is 87.6 Å². The van der Waals surface area contributed by atoms with Gasteiger partial charge in [0.05, 0.1) is 18.7 Å². The molecular weight excluding hydrogens is 312 g/mol. The quantitative estimate of drug-likeness (QED) is 0.801. The minimum Gasteiger partial charge on any atom is -0.496 e. The lowest BCUT2D eigenvalue weighted by Crippen LogP contribution is -2.14. The number of nitrogens with two attached hydrogens (primary N) is 2. The van der Waals surface area contributed by atoms with Gasteiger partial charge < -0.3 is 20.9 Å². The second-order valence-corrected chi connectivity index (χ2v) is 5.05. The zero-order chi connectivity index (χ0) is 14.4. The molecule has 0 fully saturated rings. The molecule has 0 radical (unpaired) electrons. The van der Waals surface area contributed by atoms with E-state index in [0.717, 1.165) is 10.0 Å². The highest BCUT2D eigenvalue weighted by Gasteiger charge is 2.15. The first-order valence-corrected chi connectivity index (χ1v) is 6.74. The Morgan fingerprint density at radius 3 is 2.47 bits per heavy atom. The largest absolute Gasteiger partial charge is 0.496 e. The Balaban J connectivity index is 2.87. The van der Waals surface area contributed by atoms with Crippen LogP contribution < -0.4 is 20.9 Å². The van der Waals surface area contributed by atoms with Crippen molar-refractivity contribution >= 4 is 21.8 Å². The Morgan fingerprint density at radius 2 is 1.95 bits per heavy atom. The van der Waals surface area contributed by atoms with Gasteiger partial charge in [-0.05, 0) is 40.9 Å². The second kappa shape index (κ2) is 7.35. The highest BCUT2D eigenvalue weighted by Crippen LogP contribution is 2.36. The van der Waals surface area contributed by atoms with Crippen molar-refractivity contribution in [3.05, 3.63) is 22.2 Å². The van der Waals surface area contributed by atoms with E-state index >= 15 is 0 Å². The number of primary amides is 1. The van der Waals surface area contributed by atoms with Gasteiger partial charge in [0.15, 0.2) is 0 Å². The molecule has 0 bridgehead atoms. The Hall–Kier alpha value is -1.27. The van der Waals surface area contributed by atoms with E-state index < -0.39 is 0 Å². The van der Waals surface area contributed by atoms with Crippen LogP contribution in [0.2, 0.25) is 0 Å². The third-order valence-corrected chi connectivity index (χ3v) is 3.46. The molecule has 0 aliphatic carbocycles. The first kappa shape index (κ1) is 15.8. The minimum absolute atomic E-state index is 0.226. The standard InChI is InChI=1S/C13H19BrN2O3/c1-18-11-7-9(14)12(19-2)6-8(11)10(15)4-3-5-13(16)17/h6-7,10H,3-5,15H2,1-2H3,(H2,16,17). The van der Waals surface area contributed by atoms with E-state index in [1.807, 2.05) is 12.1 Å². The molecule has 0 heterocycles. The Labute approximate surface area is 121 Å². The summed E-state index contributed by atoms with van der Waals surface area (Å²) in [5.41, 5.74) is 12.1. The van der Waals surface area contributed by atoms with Crippen LogP contribution in [0.1, 0.15) is 30.9 Å². The summed E-state index contributed by atoms with van der Waals surface area (Å²) in [6, 6.07) is 3.44. The lowest BCUT2D eigenvalue weighted by Gasteiger charge is -2.17. The molecule has 1 rings (SSSR count). The average molecular weight is 331 g/mol. The molecule has 1 unspecified atom stereocenters. The number of carbonyl (C=O) groups is 1. The second-order valence-electron chi connectivity index (χ2n) is 4.19. The van der Waals surface area contributed by atoms with Crippen molar-refractivity contribution in [1.29, 1.82) is 0 Å². The predicted octanol–water partition coefficient (Wildman–Crippen LogP) is 2.12. The number of hydrogen-bond acceptors (Lipinski definition) is 4. The molecule has 0 aliphatic rings. The maximum Gasteiger partial charge on any atom is 0.217 e. The van der Waals surface area contributed by atoms with Crippen LogP contribution in [0.3, 0.4) is 0 Å². The number of methoxy groups -OCH3 is 2. The van der Waals surface area contributed by atoms with Crippen molar-refractivity contribution in [3.63, 3.8) is 0 Å². The van der Waals surface area contributed by atoms with Gasteiger partial charge in [-0.1, -0.05) is 0 Å². The molecule has 1 atom stereocenters. The first-order valence-electron chi connectivity index (χ1n) is 5.95. The molecule has 1 aromatic carbocycles. The summed E-state index contributed by atoms with van der Waals surface area (Å²) in [6.07, 6.45) is 1.64. The van der Waals surface area contributed by atoms with Gasteiger partial charge in [0.25, 0.3) is 0 Å². The molecule has 0 saturated heterocycles. The predicted molar refractivity (Wildman–Crippen MR) is 77.2 cm³/mol. The lowest BCUT2D eigenvalue weighted by molar-refractivity contribution is -0.118. The summed E-state index contributed by atoms with van der Waals surface area (Å²) in [5.74, 6) is 1.08. The molecule has 0 spiro atoms. The van der Waals surface area contributed by atoms with Crippen molar-refractivity contribution in [3.8, 4) is 11.5 Å². The van der Waals surface area contributed by atoms with Gasteiger partial charge in [-0.15, -0.1) is 0 Å². The van der Waals surface area contributed by atoms with Gasteiger partial charge in [0.2, 0.25) is 5.91 Å². The molecule has 1 amide bonds.